The molecule has 1 atom stereocenters. The second-order valence-corrected chi connectivity index (χ2v) is 7.46. The number of fused-ring (bicyclic) bond motifs is 3. The smallest absolute Gasteiger partial charge is 0.281 e. The molecule has 1 aromatic heterocycles. The zero-order valence-electron chi connectivity index (χ0n) is 13.6. The van der Waals surface area contributed by atoms with Crippen LogP contribution in [0.2, 0.25) is 0 Å². The summed E-state index contributed by atoms with van der Waals surface area (Å²) in [6, 6.07) is 7.81. The fourth-order valence-electron chi connectivity index (χ4n) is 3.48. The summed E-state index contributed by atoms with van der Waals surface area (Å²) >= 11 is 1.40. The normalized spacial score (nSPS) is 25.6. The molecule has 2 bridgehead atoms. The average Bonchev–Trinajstić information content (AvgIpc) is 3.01. The third-order valence-electron chi connectivity index (χ3n) is 4.80. The number of rotatable bonds is 4. The molecule has 7 heteroatoms. The lowest BCUT2D eigenvalue weighted by Gasteiger charge is -2.44. The number of hydrogen-bond acceptors (Lipinski definition) is 6. The van der Waals surface area contributed by atoms with Crippen LogP contribution in [0.25, 0.3) is 0 Å². The number of aryl methyl sites for hydroxylation is 1. The van der Waals surface area contributed by atoms with Crippen LogP contribution in [-0.4, -0.2) is 46.7 Å². The molecule has 3 aliphatic heterocycles. The predicted molar refractivity (Wildman–Crippen MR) is 90.0 cm³/mol. The van der Waals surface area contributed by atoms with Crippen LogP contribution < -0.4 is 5.32 Å². The molecule has 0 aliphatic carbocycles. The van der Waals surface area contributed by atoms with E-state index in [-0.39, 0.29) is 11.9 Å². The summed E-state index contributed by atoms with van der Waals surface area (Å²) in [5, 5.41) is 11.5. The second-order valence-electron chi connectivity index (χ2n) is 6.43. The number of hydrogen-bond donors (Lipinski definition) is 1. The molecule has 0 radical (unpaired) electrons. The fraction of sp³-hybridized carbons (Fsp3) is 0.471. The van der Waals surface area contributed by atoms with E-state index in [4.69, 9.17) is 4.42 Å². The summed E-state index contributed by atoms with van der Waals surface area (Å²) in [6.45, 7) is 5.11. The summed E-state index contributed by atoms with van der Waals surface area (Å²) < 4.78 is 5.35. The van der Waals surface area contributed by atoms with E-state index in [1.54, 1.807) is 6.92 Å². The molecular weight excluding hydrogens is 324 g/mol. The predicted octanol–water partition coefficient (Wildman–Crippen LogP) is 2.35. The summed E-state index contributed by atoms with van der Waals surface area (Å²) in [5.74, 6) is 1.19. The number of carbonyl (C=O) groups excluding carboxylic acids is 1. The molecule has 0 unspecified atom stereocenters. The van der Waals surface area contributed by atoms with Gasteiger partial charge in [0.1, 0.15) is 0 Å². The Morgan fingerprint density at radius 2 is 2.00 bits per heavy atom. The highest BCUT2D eigenvalue weighted by molar-refractivity contribution is 7.99. The van der Waals surface area contributed by atoms with Crippen molar-refractivity contribution in [2.75, 3.05) is 19.6 Å². The minimum atomic E-state index is 0.0129. The highest BCUT2D eigenvalue weighted by Gasteiger charge is 2.34. The molecule has 1 aromatic carbocycles. The largest absolute Gasteiger partial charge is 0.416 e. The van der Waals surface area contributed by atoms with Gasteiger partial charge in [-0.3, -0.25) is 4.79 Å². The Hall–Kier alpha value is -1.86. The number of nitrogens with zero attached hydrogens (tertiary/aromatic N) is 3. The first kappa shape index (κ1) is 15.7. The number of nitrogens with one attached hydrogen (secondary N) is 1. The zero-order valence-corrected chi connectivity index (χ0v) is 14.4. The number of aromatic nitrogens is 2. The first-order valence-corrected chi connectivity index (χ1v) is 9.10. The van der Waals surface area contributed by atoms with Crippen molar-refractivity contribution in [1.82, 2.24) is 20.4 Å². The highest BCUT2D eigenvalue weighted by Crippen LogP contribution is 2.28. The van der Waals surface area contributed by atoms with Crippen molar-refractivity contribution in [1.29, 1.82) is 0 Å². The SMILES string of the molecule is Cc1nnc(Sc2ccc(C(=O)N[C@H]3CN4CCC3CC4)cc2)o1. The first-order valence-electron chi connectivity index (χ1n) is 8.28. The van der Waals surface area contributed by atoms with Gasteiger partial charge in [0.15, 0.2) is 0 Å². The number of benzene rings is 1. The molecule has 3 saturated heterocycles. The van der Waals surface area contributed by atoms with E-state index in [0.29, 0.717) is 22.6 Å². The van der Waals surface area contributed by atoms with Crippen LogP contribution in [0.1, 0.15) is 29.1 Å². The molecule has 1 N–H and O–H groups in total. The Kier molecular flexibility index (Phi) is 4.28. The van der Waals surface area contributed by atoms with Crippen molar-refractivity contribution in [3.63, 3.8) is 0 Å². The molecule has 5 rings (SSSR count). The Labute approximate surface area is 145 Å². The Bertz CT molecular complexity index is 722. The van der Waals surface area contributed by atoms with Crippen molar-refractivity contribution < 1.29 is 9.21 Å². The monoisotopic (exact) mass is 344 g/mol. The van der Waals surface area contributed by atoms with Crippen molar-refractivity contribution >= 4 is 17.7 Å². The van der Waals surface area contributed by atoms with Gasteiger partial charge in [0.2, 0.25) is 5.89 Å². The van der Waals surface area contributed by atoms with Crippen LogP contribution in [0.3, 0.4) is 0 Å². The van der Waals surface area contributed by atoms with E-state index < -0.39 is 0 Å². The van der Waals surface area contributed by atoms with Crippen molar-refractivity contribution in [2.24, 2.45) is 5.92 Å². The lowest BCUT2D eigenvalue weighted by atomic mass is 9.84. The van der Waals surface area contributed by atoms with Crippen molar-refractivity contribution in [3.8, 4) is 0 Å². The van der Waals surface area contributed by atoms with E-state index in [1.165, 1.54) is 37.7 Å². The van der Waals surface area contributed by atoms with Gasteiger partial charge < -0.3 is 14.6 Å². The molecule has 3 fully saturated rings. The molecule has 6 nitrogen and oxygen atoms in total. The molecule has 24 heavy (non-hydrogen) atoms. The van der Waals surface area contributed by atoms with E-state index in [9.17, 15) is 4.79 Å². The lowest BCUT2D eigenvalue weighted by molar-refractivity contribution is 0.0620. The van der Waals surface area contributed by atoms with Crippen LogP contribution in [0.15, 0.2) is 38.8 Å². The van der Waals surface area contributed by atoms with Gasteiger partial charge in [0.05, 0.1) is 0 Å². The fourth-order valence-corrected chi connectivity index (χ4v) is 4.19. The summed E-state index contributed by atoms with van der Waals surface area (Å²) in [4.78, 5) is 15.9. The molecule has 126 valence electrons. The molecule has 3 aliphatic rings. The zero-order chi connectivity index (χ0) is 16.5. The summed E-state index contributed by atoms with van der Waals surface area (Å²) in [5.41, 5.74) is 0.692. The molecule has 0 spiro atoms. The van der Waals surface area contributed by atoms with Crippen molar-refractivity contribution in [2.45, 2.75) is 35.9 Å². The van der Waals surface area contributed by atoms with Gasteiger partial charge in [-0.05, 0) is 67.9 Å². The molecule has 0 saturated carbocycles. The van der Waals surface area contributed by atoms with Crippen LogP contribution in [0.5, 0.6) is 0 Å². The molecule has 2 aromatic rings. The maximum absolute atomic E-state index is 12.5. The summed E-state index contributed by atoms with van der Waals surface area (Å²) in [6.07, 6.45) is 2.40. The van der Waals surface area contributed by atoms with Crippen LogP contribution in [-0.2, 0) is 0 Å². The van der Waals surface area contributed by atoms with Gasteiger partial charge in [0.25, 0.3) is 11.1 Å². The number of carbonyl (C=O) groups is 1. The standard InChI is InChI=1S/C17H20N4O2S/c1-11-19-20-17(23-11)24-14-4-2-13(3-5-14)16(22)18-15-10-21-8-6-12(15)7-9-21/h2-5,12,15H,6-10H2,1H3,(H,18,22)/t15-/m0/s1. The van der Waals surface area contributed by atoms with Crippen LogP contribution >= 0.6 is 11.8 Å². The molecule has 4 heterocycles. The van der Waals surface area contributed by atoms with Gasteiger partial charge in [-0.2, -0.15) is 0 Å². The van der Waals surface area contributed by atoms with E-state index in [1.807, 2.05) is 24.3 Å². The van der Waals surface area contributed by atoms with Gasteiger partial charge in [0, 0.05) is 30.0 Å². The van der Waals surface area contributed by atoms with Crippen molar-refractivity contribution in [3.05, 3.63) is 35.7 Å². The minimum absolute atomic E-state index is 0.0129. The lowest BCUT2D eigenvalue weighted by Crippen LogP contribution is -2.57. The summed E-state index contributed by atoms with van der Waals surface area (Å²) in [7, 11) is 0. The topological polar surface area (TPSA) is 71.3 Å². The Morgan fingerprint density at radius 3 is 2.58 bits per heavy atom. The average molecular weight is 344 g/mol. The van der Waals surface area contributed by atoms with Crippen LogP contribution in [0, 0.1) is 12.8 Å². The van der Waals surface area contributed by atoms with E-state index in [2.05, 4.69) is 20.4 Å². The molecule has 1 amide bonds. The third-order valence-corrected chi connectivity index (χ3v) is 5.65. The van der Waals surface area contributed by atoms with Gasteiger partial charge in [-0.15, -0.1) is 10.2 Å². The number of amides is 1. The van der Waals surface area contributed by atoms with E-state index in [0.717, 1.165) is 11.4 Å². The van der Waals surface area contributed by atoms with Gasteiger partial charge in [-0.25, -0.2) is 0 Å². The third kappa shape index (κ3) is 3.32. The maximum atomic E-state index is 12.5. The minimum Gasteiger partial charge on any atom is -0.416 e. The quantitative estimate of drug-likeness (QED) is 0.918. The van der Waals surface area contributed by atoms with Gasteiger partial charge in [-0.1, -0.05) is 0 Å². The van der Waals surface area contributed by atoms with Crippen LogP contribution in [0.4, 0.5) is 0 Å². The van der Waals surface area contributed by atoms with Gasteiger partial charge >= 0.3 is 0 Å². The second kappa shape index (κ2) is 6.57. The Morgan fingerprint density at radius 1 is 1.25 bits per heavy atom. The maximum Gasteiger partial charge on any atom is 0.281 e. The number of piperidine rings is 3. The Balaban J connectivity index is 1.38. The first-order chi connectivity index (χ1) is 11.7. The van der Waals surface area contributed by atoms with E-state index >= 15 is 0 Å². The molecular formula is C17H20N4O2S. The highest BCUT2D eigenvalue weighted by atomic mass is 32.2.